The number of hydrogen-bond donors (Lipinski definition) is 2. The average molecular weight is 301 g/mol. The monoisotopic (exact) mass is 300 g/mol. The third-order valence-corrected chi connectivity index (χ3v) is 4.94. The van der Waals surface area contributed by atoms with Crippen molar-refractivity contribution < 1.29 is 4.79 Å². The van der Waals surface area contributed by atoms with Crippen LogP contribution in [-0.4, -0.2) is 37.6 Å². The minimum Gasteiger partial charge on any atom is -0.356 e. The number of rotatable bonds is 10. The van der Waals surface area contributed by atoms with Crippen LogP contribution < -0.4 is 10.6 Å². The number of nitrogens with one attached hydrogen (secondary N) is 2. The van der Waals surface area contributed by atoms with Crippen LogP contribution in [0.2, 0.25) is 0 Å². The summed E-state index contributed by atoms with van der Waals surface area (Å²) in [7, 11) is 0. The van der Waals surface area contributed by atoms with E-state index in [0.717, 1.165) is 26.1 Å². The maximum atomic E-state index is 11.9. The summed E-state index contributed by atoms with van der Waals surface area (Å²) in [6.07, 6.45) is 10.3. The Balaban J connectivity index is 1.99. The van der Waals surface area contributed by atoms with Crippen LogP contribution >= 0.6 is 11.8 Å². The van der Waals surface area contributed by atoms with Crippen LogP contribution in [-0.2, 0) is 4.79 Å². The Labute approximate surface area is 129 Å². The minimum atomic E-state index is 0.243. The highest BCUT2D eigenvalue weighted by Gasteiger charge is 2.21. The fraction of sp³-hybridized carbons (Fsp3) is 0.938. The van der Waals surface area contributed by atoms with E-state index in [4.69, 9.17) is 0 Å². The van der Waals surface area contributed by atoms with Gasteiger partial charge in [-0.2, -0.15) is 11.8 Å². The summed E-state index contributed by atoms with van der Waals surface area (Å²) < 4.78 is 0. The molecule has 0 saturated carbocycles. The normalized spacial score (nSPS) is 20.6. The minimum absolute atomic E-state index is 0.243. The van der Waals surface area contributed by atoms with E-state index in [1.54, 1.807) is 0 Å². The van der Waals surface area contributed by atoms with Crippen molar-refractivity contribution in [3.05, 3.63) is 0 Å². The Bertz CT molecular complexity index is 255. The molecule has 0 bridgehead atoms. The third kappa shape index (κ3) is 8.15. The van der Waals surface area contributed by atoms with Gasteiger partial charge in [-0.3, -0.25) is 4.79 Å². The van der Waals surface area contributed by atoms with E-state index in [0.29, 0.717) is 18.3 Å². The Morgan fingerprint density at radius 1 is 1.35 bits per heavy atom. The quantitative estimate of drug-likeness (QED) is 0.609. The average Bonchev–Trinajstić information content (AvgIpc) is 2.47. The van der Waals surface area contributed by atoms with Crippen molar-refractivity contribution in [3.8, 4) is 0 Å². The van der Waals surface area contributed by atoms with Crippen LogP contribution in [0.15, 0.2) is 0 Å². The van der Waals surface area contributed by atoms with Gasteiger partial charge in [0.05, 0.1) is 0 Å². The number of piperidine rings is 1. The van der Waals surface area contributed by atoms with Crippen molar-refractivity contribution in [2.24, 2.45) is 11.8 Å². The molecule has 1 rings (SSSR count). The van der Waals surface area contributed by atoms with Gasteiger partial charge in [0.25, 0.3) is 0 Å². The molecule has 1 aliphatic heterocycles. The van der Waals surface area contributed by atoms with E-state index < -0.39 is 0 Å². The second-order valence-corrected chi connectivity index (χ2v) is 7.03. The summed E-state index contributed by atoms with van der Waals surface area (Å²) in [5.74, 6) is 2.69. The summed E-state index contributed by atoms with van der Waals surface area (Å²) in [5.41, 5.74) is 0. The Morgan fingerprint density at radius 2 is 2.15 bits per heavy atom. The van der Waals surface area contributed by atoms with Crippen LogP contribution in [0.25, 0.3) is 0 Å². The largest absolute Gasteiger partial charge is 0.356 e. The van der Waals surface area contributed by atoms with Crippen LogP contribution in [0.5, 0.6) is 0 Å². The first kappa shape index (κ1) is 17.8. The molecule has 0 aliphatic carbocycles. The van der Waals surface area contributed by atoms with E-state index >= 15 is 0 Å². The van der Waals surface area contributed by atoms with Crippen molar-refractivity contribution in [1.82, 2.24) is 10.6 Å². The number of carbonyl (C=O) groups excluding carboxylic acids is 1. The van der Waals surface area contributed by atoms with Crippen molar-refractivity contribution in [2.75, 3.05) is 31.6 Å². The van der Waals surface area contributed by atoms with Gasteiger partial charge in [0.15, 0.2) is 0 Å². The fourth-order valence-corrected chi connectivity index (χ4v) is 3.34. The van der Waals surface area contributed by atoms with Gasteiger partial charge in [-0.25, -0.2) is 0 Å². The first-order chi connectivity index (χ1) is 9.74. The van der Waals surface area contributed by atoms with E-state index in [1.807, 2.05) is 11.8 Å². The molecule has 2 atom stereocenters. The van der Waals surface area contributed by atoms with Gasteiger partial charge in [-0.05, 0) is 62.6 Å². The zero-order valence-corrected chi connectivity index (χ0v) is 14.1. The van der Waals surface area contributed by atoms with Crippen molar-refractivity contribution >= 4 is 17.7 Å². The van der Waals surface area contributed by atoms with E-state index in [9.17, 15) is 4.79 Å². The lowest BCUT2D eigenvalue weighted by Gasteiger charge is -2.28. The third-order valence-electron chi connectivity index (χ3n) is 4.24. The van der Waals surface area contributed by atoms with Crippen molar-refractivity contribution in [3.63, 3.8) is 0 Å². The zero-order valence-electron chi connectivity index (χ0n) is 13.2. The molecule has 1 amide bonds. The molecule has 1 aliphatic rings. The topological polar surface area (TPSA) is 41.1 Å². The van der Waals surface area contributed by atoms with Gasteiger partial charge in [-0.15, -0.1) is 0 Å². The van der Waals surface area contributed by atoms with Crippen molar-refractivity contribution in [1.29, 1.82) is 0 Å². The van der Waals surface area contributed by atoms with E-state index in [1.165, 1.54) is 37.9 Å². The number of carbonyl (C=O) groups is 1. The molecule has 20 heavy (non-hydrogen) atoms. The van der Waals surface area contributed by atoms with E-state index in [2.05, 4.69) is 23.8 Å². The fourth-order valence-electron chi connectivity index (χ4n) is 2.85. The maximum absolute atomic E-state index is 11.9. The second kappa shape index (κ2) is 11.4. The van der Waals surface area contributed by atoms with Crippen LogP contribution in [0.3, 0.4) is 0 Å². The summed E-state index contributed by atoms with van der Waals surface area (Å²) in [6, 6.07) is 0. The molecule has 0 spiro atoms. The van der Waals surface area contributed by atoms with Gasteiger partial charge in [0.1, 0.15) is 0 Å². The van der Waals surface area contributed by atoms with Crippen LogP contribution in [0, 0.1) is 11.8 Å². The summed E-state index contributed by atoms with van der Waals surface area (Å²) >= 11 is 1.92. The van der Waals surface area contributed by atoms with Gasteiger partial charge >= 0.3 is 0 Å². The summed E-state index contributed by atoms with van der Waals surface area (Å²) in [6.45, 7) is 5.31. The number of unbranched alkanes of at least 4 members (excludes halogenated alkanes) is 3. The van der Waals surface area contributed by atoms with Gasteiger partial charge < -0.3 is 10.6 Å². The first-order valence-electron chi connectivity index (χ1n) is 8.20. The van der Waals surface area contributed by atoms with Crippen molar-refractivity contribution in [2.45, 2.75) is 51.9 Å². The molecule has 4 heteroatoms. The molecule has 1 fully saturated rings. The molecule has 0 radical (unpaired) electrons. The van der Waals surface area contributed by atoms with Gasteiger partial charge in [-0.1, -0.05) is 19.8 Å². The molecular formula is C16H32N2OS. The van der Waals surface area contributed by atoms with Gasteiger partial charge in [0.2, 0.25) is 5.91 Å². The molecule has 0 aromatic carbocycles. The standard InChI is InChI=1S/C16H32N2OS/c1-14(15-8-7-9-17-13-15)12-16(19)18-10-5-3-4-6-11-20-2/h14-15,17H,3-13H2,1-2H3,(H,18,19). The molecular weight excluding hydrogens is 268 g/mol. The van der Waals surface area contributed by atoms with Gasteiger partial charge in [0, 0.05) is 13.0 Å². The lowest BCUT2D eigenvalue weighted by atomic mass is 9.85. The number of hydrogen-bond acceptors (Lipinski definition) is 3. The highest BCUT2D eigenvalue weighted by molar-refractivity contribution is 7.98. The maximum Gasteiger partial charge on any atom is 0.220 e. The van der Waals surface area contributed by atoms with E-state index in [-0.39, 0.29) is 5.91 Å². The molecule has 3 nitrogen and oxygen atoms in total. The molecule has 2 N–H and O–H groups in total. The zero-order chi connectivity index (χ0) is 14.6. The first-order valence-corrected chi connectivity index (χ1v) is 9.59. The SMILES string of the molecule is CSCCCCCCNC(=O)CC(C)C1CCCNC1. The van der Waals surface area contributed by atoms with Crippen LogP contribution in [0.4, 0.5) is 0 Å². The molecule has 2 unspecified atom stereocenters. The molecule has 118 valence electrons. The predicted molar refractivity (Wildman–Crippen MR) is 89.2 cm³/mol. The number of amides is 1. The Hall–Kier alpha value is -0.220. The highest BCUT2D eigenvalue weighted by atomic mass is 32.2. The molecule has 1 heterocycles. The molecule has 1 saturated heterocycles. The molecule has 0 aromatic heterocycles. The Morgan fingerprint density at radius 3 is 2.85 bits per heavy atom. The smallest absolute Gasteiger partial charge is 0.220 e. The second-order valence-electron chi connectivity index (χ2n) is 6.04. The molecule has 0 aromatic rings. The summed E-state index contributed by atoms with van der Waals surface area (Å²) in [4.78, 5) is 11.9. The number of thioether (sulfide) groups is 1. The lowest BCUT2D eigenvalue weighted by Crippen LogP contribution is -2.35. The highest BCUT2D eigenvalue weighted by Crippen LogP contribution is 2.22. The lowest BCUT2D eigenvalue weighted by molar-refractivity contribution is -0.122. The van der Waals surface area contributed by atoms with Crippen LogP contribution in [0.1, 0.15) is 51.9 Å². The Kier molecular flexibility index (Phi) is 10.2. The predicted octanol–water partition coefficient (Wildman–Crippen LogP) is 3.05. The summed E-state index contributed by atoms with van der Waals surface area (Å²) in [5, 5.41) is 6.51.